The van der Waals surface area contributed by atoms with Crippen molar-refractivity contribution in [2.45, 2.75) is 6.61 Å². The van der Waals surface area contributed by atoms with E-state index < -0.39 is 0 Å². The highest BCUT2D eigenvalue weighted by Crippen LogP contribution is 2.22. The molecule has 0 aliphatic rings. The highest BCUT2D eigenvalue weighted by atomic mass is 16.5. The van der Waals surface area contributed by atoms with Gasteiger partial charge < -0.3 is 20.3 Å². The highest BCUT2D eigenvalue weighted by Gasteiger charge is 2.06. The van der Waals surface area contributed by atoms with Gasteiger partial charge in [0.1, 0.15) is 24.2 Å². The van der Waals surface area contributed by atoms with Crippen molar-refractivity contribution in [1.29, 1.82) is 5.26 Å². The first kappa shape index (κ1) is 17.1. The third-order valence-corrected chi connectivity index (χ3v) is 3.84. The Morgan fingerprint density at radius 3 is 2.58 bits per heavy atom. The summed E-state index contributed by atoms with van der Waals surface area (Å²) in [6.07, 6.45) is 1.65. The van der Waals surface area contributed by atoms with Gasteiger partial charge in [-0.3, -0.25) is 0 Å². The van der Waals surface area contributed by atoms with Crippen molar-refractivity contribution in [3.05, 3.63) is 83.8 Å². The van der Waals surface area contributed by atoms with Gasteiger partial charge in [-0.05, 0) is 29.8 Å². The number of rotatable bonds is 6. The van der Waals surface area contributed by atoms with Crippen LogP contribution >= 0.6 is 0 Å². The first-order valence-corrected chi connectivity index (χ1v) is 7.94. The fraction of sp³-hybridized carbons (Fsp3) is 0.0500. The predicted molar refractivity (Wildman–Crippen MR) is 99.0 cm³/mol. The van der Waals surface area contributed by atoms with Gasteiger partial charge in [-0.1, -0.05) is 36.4 Å². The zero-order valence-corrected chi connectivity index (χ0v) is 14.0. The van der Waals surface area contributed by atoms with Crippen molar-refractivity contribution in [3.8, 4) is 23.1 Å². The summed E-state index contributed by atoms with van der Waals surface area (Å²) in [4.78, 5) is 0. The number of furan rings is 1. The third kappa shape index (κ3) is 3.86. The van der Waals surface area contributed by atoms with E-state index in [1.807, 2.05) is 54.6 Å². The van der Waals surface area contributed by atoms with E-state index in [2.05, 4.69) is 5.43 Å². The minimum absolute atomic E-state index is 0.107. The lowest BCUT2D eigenvalue weighted by Crippen LogP contribution is -2.23. The zero-order chi connectivity index (χ0) is 18.4. The molecule has 3 aromatic rings. The van der Waals surface area contributed by atoms with Crippen LogP contribution in [0.5, 0.6) is 5.75 Å². The lowest BCUT2D eigenvalue weighted by Gasteiger charge is -2.10. The van der Waals surface area contributed by atoms with Gasteiger partial charge in [0.15, 0.2) is 5.70 Å². The first-order chi connectivity index (χ1) is 12.7. The summed E-state index contributed by atoms with van der Waals surface area (Å²) in [5.41, 5.74) is 11.3. The number of hydrogen-bond donors (Lipinski definition) is 3. The molecule has 0 saturated carbocycles. The van der Waals surface area contributed by atoms with Gasteiger partial charge >= 0.3 is 0 Å². The molecule has 0 aliphatic heterocycles. The molecule has 0 radical (unpaired) electrons. The molecule has 26 heavy (non-hydrogen) atoms. The molecule has 3 rings (SSSR count). The van der Waals surface area contributed by atoms with E-state index in [1.54, 1.807) is 18.4 Å². The number of allylic oxidation sites excluding steroid dienone is 1. The Morgan fingerprint density at radius 1 is 1.12 bits per heavy atom. The Hall–Kier alpha value is -3.69. The van der Waals surface area contributed by atoms with Crippen LogP contribution in [0.1, 0.15) is 11.1 Å². The number of nitriles is 1. The van der Waals surface area contributed by atoms with Crippen molar-refractivity contribution in [1.82, 2.24) is 5.43 Å². The zero-order valence-electron chi connectivity index (χ0n) is 14.0. The quantitative estimate of drug-likeness (QED) is 0.359. The molecule has 0 atom stereocenters. The second-order valence-electron chi connectivity index (χ2n) is 5.54. The second-order valence-corrected chi connectivity index (χ2v) is 5.54. The summed E-state index contributed by atoms with van der Waals surface area (Å²) in [7, 11) is 0. The van der Waals surface area contributed by atoms with E-state index in [-0.39, 0.29) is 11.4 Å². The summed E-state index contributed by atoms with van der Waals surface area (Å²) in [5, 5.41) is 9.00. The van der Waals surface area contributed by atoms with Gasteiger partial charge in [-0.2, -0.15) is 5.26 Å². The van der Waals surface area contributed by atoms with Crippen LogP contribution < -0.4 is 21.7 Å². The summed E-state index contributed by atoms with van der Waals surface area (Å²) < 4.78 is 11.2. The average Bonchev–Trinajstić information content (AvgIpc) is 3.23. The number of nitrogens with one attached hydrogen (secondary N) is 1. The van der Waals surface area contributed by atoms with Crippen LogP contribution in [0.25, 0.3) is 17.0 Å². The van der Waals surface area contributed by atoms with Crippen LogP contribution in [0, 0.1) is 11.3 Å². The van der Waals surface area contributed by atoms with Crippen molar-refractivity contribution in [3.63, 3.8) is 0 Å². The van der Waals surface area contributed by atoms with Crippen LogP contribution in [0.4, 0.5) is 0 Å². The molecule has 130 valence electrons. The monoisotopic (exact) mass is 346 g/mol. The maximum atomic E-state index is 9.00. The third-order valence-electron chi connectivity index (χ3n) is 3.84. The van der Waals surface area contributed by atoms with Gasteiger partial charge in [0.2, 0.25) is 0 Å². The lowest BCUT2D eigenvalue weighted by molar-refractivity contribution is 0.306. The van der Waals surface area contributed by atoms with Crippen LogP contribution in [0.2, 0.25) is 0 Å². The molecule has 1 aromatic heterocycles. The van der Waals surface area contributed by atoms with Crippen molar-refractivity contribution in [2.75, 3.05) is 0 Å². The van der Waals surface area contributed by atoms with Gasteiger partial charge in [0.25, 0.3) is 0 Å². The Bertz CT molecular complexity index is 939. The topological polar surface area (TPSA) is 110 Å². The second kappa shape index (κ2) is 7.92. The molecule has 0 unspecified atom stereocenters. The standard InChI is InChI=1S/C20H18N4O2/c21-12-18(24-23)20(22)16-3-1-4-17(11-16)26-13-14-6-8-15(9-7-14)19-5-2-10-25-19/h1-11,24H,13,22-23H2/b20-18-. The predicted octanol–water partition coefficient (Wildman–Crippen LogP) is 3.14. The molecular formula is C20H18N4O2. The minimum Gasteiger partial charge on any atom is -0.489 e. The van der Waals surface area contributed by atoms with E-state index in [1.165, 1.54) is 0 Å². The molecule has 0 amide bonds. The lowest BCUT2D eigenvalue weighted by atomic mass is 10.1. The normalized spacial score (nSPS) is 11.4. The molecule has 0 fully saturated rings. The molecule has 0 bridgehead atoms. The summed E-state index contributed by atoms with van der Waals surface area (Å²) in [5.74, 6) is 6.77. The maximum absolute atomic E-state index is 9.00. The number of nitrogens with two attached hydrogens (primary N) is 2. The smallest absolute Gasteiger partial charge is 0.151 e. The van der Waals surface area contributed by atoms with Gasteiger partial charge in [0, 0.05) is 11.1 Å². The number of benzene rings is 2. The molecule has 0 saturated heterocycles. The van der Waals surface area contributed by atoms with Crippen LogP contribution in [-0.4, -0.2) is 0 Å². The molecule has 6 nitrogen and oxygen atoms in total. The number of hydrogen-bond acceptors (Lipinski definition) is 6. The summed E-state index contributed by atoms with van der Waals surface area (Å²) in [6.45, 7) is 0.408. The largest absolute Gasteiger partial charge is 0.489 e. The summed E-state index contributed by atoms with van der Waals surface area (Å²) >= 11 is 0. The number of hydrazine groups is 1. The van der Waals surface area contributed by atoms with Gasteiger partial charge in [-0.25, -0.2) is 5.84 Å². The Balaban J connectivity index is 1.70. The van der Waals surface area contributed by atoms with E-state index in [0.717, 1.165) is 16.9 Å². The van der Waals surface area contributed by atoms with E-state index in [0.29, 0.717) is 17.9 Å². The minimum atomic E-state index is 0.107. The molecule has 1 heterocycles. The molecule has 0 spiro atoms. The number of ether oxygens (including phenoxy) is 1. The van der Waals surface area contributed by atoms with Crippen molar-refractivity contribution >= 4 is 5.70 Å². The summed E-state index contributed by atoms with van der Waals surface area (Å²) in [6, 6.07) is 20.8. The molecule has 5 N–H and O–H groups in total. The van der Waals surface area contributed by atoms with Gasteiger partial charge in [0.05, 0.1) is 12.0 Å². The van der Waals surface area contributed by atoms with E-state index >= 15 is 0 Å². The van der Waals surface area contributed by atoms with Crippen LogP contribution in [-0.2, 0) is 6.61 Å². The molecule has 0 aliphatic carbocycles. The van der Waals surface area contributed by atoms with Crippen molar-refractivity contribution in [2.24, 2.45) is 11.6 Å². The van der Waals surface area contributed by atoms with Gasteiger partial charge in [-0.15, -0.1) is 0 Å². The Kier molecular flexibility index (Phi) is 5.22. The SMILES string of the molecule is N#C/C(NN)=C(/N)c1cccc(OCc2ccc(-c3ccco3)cc2)c1. The average molecular weight is 346 g/mol. The van der Waals surface area contributed by atoms with Crippen LogP contribution in [0.15, 0.2) is 77.0 Å². The van der Waals surface area contributed by atoms with E-state index in [4.69, 9.17) is 26.0 Å². The Labute approximate surface area is 151 Å². The fourth-order valence-corrected chi connectivity index (χ4v) is 2.44. The van der Waals surface area contributed by atoms with Crippen molar-refractivity contribution < 1.29 is 9.15 Å². The molecule has 6 heteroatoms. The van der Waals surface area contributed by atoms with E-state index in [9.17, 15) is 0 Å². The molecule has 2 aromatic carbocycles. The maximum Gasteiger partial charge on any atom is 0.151 e. The highest BCUT2D eigenvalue weighted by molar-refractivity contribution is 5.69. The number of nitrogens with zero attached hydrogens (tertiary/aromatic N) is 1. The van der Waals surface area contributed by atoms with Crippen LogP contribution in [0.3, 0.4) is 0 Å². The molecular weight excluding hydrogens is 328 g/mol. The Morgan fingerprint density at radius 2 is 1.92 bits per heavy atom. The fourth-order valence-electron chi connectivity index (χ4n) is 2.44. The first-order valence-electron chi connectivity index (χ1n) is 7.94.